The summed E-state index contributed by atoms with van der Waals surface area (Å²) >= 11 is 0. The third-order valence-electron chi connectivity index (χ3n) is 5.38. The average molecular weight is 359 g/mol. The number of benzene rings is 1. The second-order valence-electron chi connectivity index (χ2n) is 7.01. The number of rotatable bonds is 5. The van der Waals surface area contributed by atoms with E-state index in [9.17, 15) is 9.59 Å². The van der Waals surface area contributed by atoms with Gasteiger partial charge in [-0.2, -0.15) is 0 Å². The number of hydrogen-bond acceptors (Lipinski definition) is 5. The molecule has 3 amide bonds. The van der Waals surface area contributed by atoms with Crippen LogP contribution in [0, 0.1) is 0 Å². The molecule has 0 atom stereocenters. The van der Waals surface area contributed by atoms with Crippen LogP contribution in [-0.4, -0.2) is 73.5 Å². The highest BCUT2D eigenvalue weighted by Crippen LogP contribution is 2.26. The van der Waals surface area contributed by atoms with Crippen LogP contribution in [-0.2, 0) is 14.3 Å². The van der Waals surface area contributed by atoms with Crippen molar-refractivity contribution < 1.29 is 19.1 Å². The number of amides is 3. The van der Waals surface area contributed by atoms with Crippen molar-refractivity contribution in [3.8, 4) is 0 Å². The van der Waals surface area contributed by atoms with Crippen molar-refractivity contribution in [1.82, 2.24) is 9.80 Å². The molecule has 3 fully saturated rings. The van der Waals surface area contributed by atoms with Crippen molar-refractivity contribution in [2.75, 3.05) is 44.3 Å². The standard InChI is InChI=1S/C19H25N3O4/c23-17-14-21(19(24)22(17)16-4-2-1-3-5-16)15-6-9-20(10-7-15)11-8-18-25-12-13-26-18/h1-5,15,18H,6-14H2. The molecule has 0 unspecified atom stereocenters. The number of para-hydroxylation sites is 1. The van der Waals surface area contributed by atoms with E-state index >= 15 is 0 Å². The Morgan fingerprint density at radius 1 is 1.00 bits per heavy atom. The third kappa shape index (κ3) is 3.60. The Bertz CT molecular complexity index is 639. The first-order chi connectivity index (χ1) is 12.7. The van der Waals surface area contributed by atoms with E-state index in [1.54, 1.807) is 17.0 Å². The van der Waals surface area contributed by atoms with Crippen molar-refractivity contribution in [3.05, 3.63) is 30.3 Å². The fraction of sp³-hybridized carbons (Fsp3) is 0.579. The Labute approximate surface area is 153 Å². The zero-order valence-electron chi connectivity index (χ0n) is 14.9. The van der Waals surface area contributed by atoms with Crippen LogP contribution in [0.1, 0.15) is 19.3 Å². The highest BCUT2D eigenvalue weighted by atomic mass is 16.7. The lowest BCUT2D eigenvalue weighted by molar-refractivity contribution is -0.117. The molecule has 0 spiro atoms. The maximum Gasteiger partial charge on any atom is 0.332 e. The van der Waals surface area contributed by atoms with Gasteiger partial charge in [0, 0.05) is 32.1 Å². The molecule has 0 radical (unpaired) electrons. The highest BCUT2D eigenvalue weighted by molar-refractivity contribution is 6.19. The second kappa shape index (κ2) is 7.73. The van der Waals surface area contributed by atoms with Crippen LogP contribution in [0.15, 0.2) is 30.3 Å². The van der Waals surface area contributed by atoms with Gasteiger partial charge in [0.1, 0.15) is 6.54 Å². The smallest absolute Gasteiger partial charge is 0.332 e. The van der Waals surface area contributed by atoms with E-state index in [2.05, 4.69) is 4.90 Å². The zero-order chi connectivity index (χ0) is 17.9. The normalized spacial score (nSPS) is 23.4. The minimum absolute atomic E-state index is 0.0649. The van der Waals surface area contributed by atoms with Crippen molar-refractivity contribution in [2.24, 2.45) is 0 Å². The molecule has 3 saturated heterocycles. The number of anilines is 1. The number of ether oxygens (including phenoxy) is 2. The Morgan fingerprint density at radius 3 is 2.38 bits per heavy atom. The molecule has 3 aliphatic heterocycles. The number of carbonyl (C=O) groups excluding carboxylic acids is 2. The summed E-state index contributed by atoms with van der Waals surface area (Å²) < 4.78 is 11.0. The monoisotopic (exact) mass is 359 g/mol. The molecule has 0 N–H and O–H groups in total. The third-order valence-corrected chi connectivity index (χ3v) is 5.38. The molecule has 140 valence electrons. The van der Waals surface area contributed by atoms with Crippen LogP contribution in [0.4, 0.5) is 10.5 Å². The minimum Gasteiger partial charge on any atom is -0.350 e. The van der Waals surface area contributed by atoms with Crippen LogP contribution >= 0.6 is 0 Å². The molecule has 0 aromatic heterocycles. The fourth-order valence-corrected chi connectivity index (χ4v) is 3.95. The van der Waals surface area contributed by atoms with Gasteiger partial charge in [-0.1, -0.05) is 18.2 Å². The Morgan fingerprint density at radius 2 is 1.69 bits per heavy atom. The Hall–Kier alpha value is -1.96. The topological polar surface area (TPSA) is 62.3 Å². The molecular formula is C19H25N3O4. The minimum atomic E-state index is -0.188. The number of urea groups is 1. The number of imide groups is 1. The summed E-state index contributed by atoms with van der Waals surface area (Å²) in [7, 11) is 0. The van der Waals surface area contributed by atoms with Crippen LogP contribution < -0.4 is 4.90 Å². The van der Waals surface area contributed by atoms with E-state index in [1.165, 1.54) is 4.90 Å². The summed E-state index contributed by atoms with van der Waals surface area (Å²) in [4.78, 5) is 30.6. The fourth-order valence-electron chi connectivity index (χ4n) is 3.95. The van der Waals surface area contributed by atoms with E-state index in [-0.39, 0.29) is 30.8 Å². The Kier molecular flexibility index (Phi) is 5.19. The lowest BCUT2D eigenvalue weighted by Gasteiger charge is -2.36. The number of nitrogens with zero attached hydrogens (tertiary/aromatic N) is 3. The second-order valence-corrected chi connectivity index (χ2v) is 7.01. The average Bonchev–Trinajstić information content (AvgIpc) is 3.29. The molecule has 4 rings (SSSR count). The molecule has 3 heterocycles. The van der Waals surface area contributed by atoms with Gasteiger partial charge in [-0.3, -0.25) is 4.79 Å². The van der Waals surface area contributed by atoms with Crippen LogP contribution in [0.3, 0.4) is 0 Å². The number of piperidine rings is 1. The molecule has 1 aromatic rings. The van der Waals surface area contributed by atoms with Gasteiger partial charge in [-0.05, 0) is 25.0 Å². The first kappa shape index (κ1) is 17.5. The van der Waals surface area contributed by atoms with E-state index < -0.39 is 0 Å². The van der Waals surface area contributed by atoms with Gasteiger partial charge in [-0.15, -0.1) is 0 Å². The van der Waals surface area contributed by atoms with Gasteiger partial charge >= 0.3 is 6.03 Å². The summed E-state index contributed by atoms with van der Waals surface area (Å²) in [6.07, 6.45) is 2.61. The summed E-state index contributed by atoms with van der Waals surface area (Å²) in [5.41, 5.74) is 0.652. The molecule has 0 bridgehead atoms. The van der Waals surface area contributed by atoms with Gasteiger partial charge in [0.2, 0.25) is 0 Å². The first-order valence-electron chi connectivity index (χ1n) is 9.36. The van der Waals surface area contributed by atoms with Gasteiger partial charge in [0.25, 0.3) is 5.91 Å². The van der Waals surface area contributed by atoms with E-state index in [1.807, 2.05) is 18.2 Å². The van der Waals surface area contributed by atoms with Crippen molar-refractivity contribution >= 4 is 17.6 Å². The molecule has 26 heavy (non-hydrogen) atoms. The van der Waals surface area contributed by atoms with Gasteiger partial charge in [0.05, 0.1) is 18.9 Å². The molecule has 0 saturated carbocycles. The van der Waals surface area contributed by atoms with Crippen molar-refractivity contribution in [1.29, 1.82) is 0 Å². The molecule has 1 aromatic carbocycles. The summed E-state index contributed by atoms with van der Waals surface area (Å²) in [5.74, 6) is -0.140. The number of hydrogen-bond donors (Lipinski definition) is 0. The molecular weight excluding hydrogens is 334 g/mol. The quantitative estimate of drug-likeness (QED) is 0.749. The van der Waals surface area contributed by atoms with Gasteiger partial charge < -0.3 is 19.3 Å². The van der Waals surface area contributed by atoms with Gasteiger partial charge in [0.15, 0.2) is 6.29 Å². The summed E-state index contributed by atoms with van der Waals surface area (Å²) in [6, 6.07) is 9.11. The van der Waals surface area contributed by atoms with Crippen molar-refractivity contribution in [2.45, 2.75) is 31.6 Å². The van der Waals surface area contributed by atoms with E-state index in [4.69, 9.17) is 9.47 Å². The lowest BCUT2D eigenvalue weighted by Crippen LogP contribution is -2.47. The van der Waals surface area contributed by atoms with Crippen LogP contribution in [0.2, 0.25) is 0 Å². The molecule has 3 aliphatic rings. The maximum absolute atomic E-state index is 12.8. The maximum atomic E-state index is 12.8. The SMILES string of the molecule is O=C1CN(C2CCN(CCC3OCCO3)CC2)C(=O)N1c1ccccc1. The zero-order valence-corrected chi connectivity index (χ0v) is 14.9. The highest BCUT2D eigenvalue weighted by Gasteiger charge is 2.41. The predicted molar refractivity (Wildman–Crippen MR) is 95.8 cm³/mol. The van der Waals surface area contributed by atoms with Crippen LogP contribution in [0.25, 0.3) is 0 Å². The number of likely N-dealkylation sites (tertiary alicyclic amines) is 1. The van der Waals surface area contributed by atoms with E-state index in [0.717, 1.165) is 38.9 Å². The predicted octanol–water partition coefficient (Wildman–Crippen LogP) is 1.68. The van der Waals surface area contributed by atoms with Crippen LogP contribution in [0.5, 0.6) is 0 Å². The summed E-state index contributed by atoms with van der Waals surface area (Å²) in [6.45, 7) is 4.37. The van der Waals surface area contributed by atoms with E-state index in [0.29, 0.717) is 18.9 Å². The summed E-state index contributed by atoms with van der Waals surface area (Å²) in [5, 5.41) is 0. The van der Waals surface area contributed by atoms with Gasteiger partial charge in [-0.25, -0.2) is 9.69 Å². The Balaban J connectivity index is 1.30. The largest absolute Gasteiger partial charge is 0.350 e. The number of carbonyl (C=O) groups is 2. The van der Waals surface area contributed by atoms with Crippen molar-refractivity contribution in [3.63, 3.8) is 0 Å². The first-order valence-corrected chi connectivity index (χ1v) is 9.36. The lowest BCUT2D eigenvalue weighted by atomic mass is 10.0. The molecule has 7 heteroatoms. The molecule has 7 nitrogen and oxygen atoms in total. The molecule has 0 aliphatic carbocycles.